The number of nitrogens with one attached hydrogen (secondary N) is 2. The quantitative estimate of drug-likeness (QED) is 0.296. The molecule has 0 bridgehead atoms. The number of hydrogen-bond donors (Lipinski definition) is 2. The summed E-state index contributed by atoms with van der Waals surface area (Å²) in [5, 5.41) is 29.5. The Hall–Kier alpha value is -3.38. The number of nitriles is 1. The minimum absolute atomic E-state index is 0.0838. The number of amides is 1. The monoisotopic (exact) mass is 367 g/mol. The van der Waals surface area contributed by atoms with Gasteiger partial charge in [0.1, 0.15) is 0 Å². The second kappa shape index (κ2) is 7.67. The number of thioether (sulfide) groups is 1. The molecule has 1 heterocycles. The van der Waals surface area contributed by atoms with Crippen LogP contribution in [-0.2, 0) is 0 Å². The summed E-state index contributed by atoms with van der Waals surface area (Å²) in [5.41, 5.74) is 1.11. The zero-order valence-corrected chi connectivity index (χ0v) is 14.2. The number of carbonyl (C=O) groups excluding carboxylic acids is 1. The van der Waals surface area contributed by atoms with Gasteiger partial charge >= 0.3 is 0 Å². The predicted molar refractivity (Wildman–Crippen MR) is 98.1 cm³/mol. The number of aromatic amines is 1. The zero-order valence-electron chi connectivity index (χ0n) is 13.4. The molecular weight excluding hydrogens is 354 g/mol. The molecule has 0 saturated carbocycles. The van der Waals surface area contributed by atoms with Crippen molar-refractivity contribution in [3.05, 3.63) is 58.3 Å². The summed E-state index contributed by atoms with van der Waals surface area (Å²) in [6, 6.07) is 13.5. The first-order valence-corrected chi connectivity index (χ1v) is 8.61. The van der Waals surface area contributed by atoms with Gasteiger partial charge in [-0.1, -0.05) is 12.1 Å². The molecule has 0 spiro atoms. The fraction of sp³-hybridized carbons (Fsp3) is 0.118. The van der Waals surface area contributed by atoms with Crippen LogP contribution in [0.1, 0.15) is 16.9 Å². The molecule has 8 nitrogen and oxygen atoms in total. The Labute approximate surface area is 152 Å². The van der Waals surface area contributed by atoms with Crippen molar-refractivity contribution in [3.63, 3.8) is 0 Å². The van der Waals surface area contributed by atoms with Crippen molar-refractivity contribution >= 4 is 39.9 Å². The average molecular weight is 367 g/mol. The van der Waals surface area contributed by atoms with E-state index in [-0.39, 0.29) is 11.4 Å². The van der Waals surface area contributed by atoms with Crippen LogP contribution >= 0.6 is 11.8 Å². The zero-order chi connectivity index (χ0) is 18.5. The van der Waals surface area contributed by atoms with Crippen molar-refractivity contribution in [1.82, 2.24) is 10.2 Å². The number of rotatable bonds is 6. The van der Waals surface area contributed by atoms with Crippen LogP contribution in [0.4, 0.5) is 11.4 Å². The van der Waals surface area contributed by atoms with Crippen molar-refractivity contribution in [1.29, 1.82) is 5.26 Å². The second-order valence-corrected chi connectivity index (χ2v) is 6.40. The number of fused-ring (bicyclic) bond motifs is 1. The molecule has 0 aliphatic carbocycles. The summed E-state index contributed by atoms with van der Waals surface area (Å²) in [6.45, 7) is 0. The van der Waals surface area contributed by atoms with E-state index in [1.165, 1.54) is 30.0 Å². The lowest BCUT2D eigenvalue weighted by molar-refractivity contribution is -0.384. The van der Waals surface area contributed by atoms with E-state index in [0.29, 0.717) is 28.8 Å². The molecule has 0 unspecified atom stereocenters. The molecule has 9 heteroatoms. The minimum atomic E-state index is -0.519. The number of para-hydroxylation sites is 1. The van der Waals surface area contributed by atoms with Gasteiger partial charge in [-0.05, 0) is 18.2 Å². The van der Waals surface area contributed by atoms with Gasteiger partial charge in [-0.25, -0.2) is 0 Å². The second-order valence-electron chi connectivity index (χ2n) is 5.27. The number of carbonyl (C=O) groups is 1. The Morgan fingerprint density at radius 2 is 2.15 bits per heavy atom. The molecular formula is C17H13N5O3S. The summed E-state index contributed by atoms with van der Waals surface area (Å²) in [5.74, 6) is 0.145. The molecule has 2 N–H and O–H groups in total. The van der Waals surface area contributed by atoms with E-state index in [2.05, 4.69) is 21.6 Å². The number of nitro groups is 1. The van der Waals surface area contributed by atoms with Gasteiger partial charge in [-0.3, -0.25) is 20.0 Å². The van der Waals surface area contributed by atoms with Gasteiger partial charge in [0.2, 0.25) is 0 Å². The lowest BCUT2D eigenvalue weighted by Gasteiger charge is -2.09. The summed E-state index contributed by atoms with van der Waals surface area (Å²) in [4.78, 5) is 23.9. The summed E-state index contributed by atoms with van der Waals surface area (Å²) in [7, 11) is 0. The van der Waals surface area contributed by atoms with Gasteiger partial charge in [0, 0.05) is 34.6 Å². The van der Waals surface area contributed by atoms with Crippen molar-refractivity contribution in [2.75, 3.05) is 11.1 Å². The van der Waals surface area contributed by atoms with Crippen LogP contribution in [0, 0.1) is 21.4 Å². The maximum atomic E-state index is 12.6. The molecule has 0 atom stereocenters. The standard InChI is InChI=1S/C17H13N5O3S/c18-8-3-9-26-15-5-2-1-4-14(15)19-17(23)16-12-10-11(22(24)25)6-7-13(12)20-21-16/h1-2,4-7,10H,3,9H2,(H,19,23)(H,20,21). The highest BCUT2D eigenvalue weighted by atomic mass is 32.2. The molecule has 0 radical (unpaired) electrons. The number of H-pyrrole nitrogens is 1. The van der Waals surface area contributed by atoms with Gasteiger partial charge in [0.15, 0.2) is 5.69 Å². The topological polar surface area (TPSA) is 125 Å². The van der Waals surface area contributed by atoms with Gasteiger partial charge in [0.25, 0.3) is 11.6 Å². The highest BCUT2D eigenvalue weighted by Gasteiger charge is 2.18. The lowest BCUT2D eigenvalue weighted by atomic mass is 10.2. The number of anilines is 1. The van der Waals surface area contributed by atoms with Crippen molar-refractivity contribution in [2.45, 2.75) is 11.3 Å². The van der Waals surface area contributed by atoms with Crippen LogP contribution in [0.15, 0.2) is 47.4 Å². The molecule has 3 aromatic rings. The number of non-ortho nitro benzene ring substituents is 1. The molecule has 1 amide bonds. The smallest absolute Gasteiger partial charge is 0.276 e. The molecule has 1 aromatic heterocycles. The van der Waals surface area contributed by atoms with Crippen molar-refractivity contribution in [2.24, 2.45) is 0 Å². The Kier molecular flexibility index (Phi) is 5.15. The van der Waals surface area contributed by atoms with Crippen molar-refractivity contribution < 1.29 is 9.72 Å². The minimum Gasteiger partial charge on any atom is -0.320 e. The molecule has 0 aliphatic heterocycles. The van der Waals surface area contributed by atoms with E-state index in [1.54, 1.807) is 12.1 Å². The largest absolute Gasteiger partial charge is 0.320 e. The van der Waals surface area contributed by atoms with Crippen molar-refractivity contribution in [3.8, 4) is 6.07 Å². The van der Waals surface area contributed by atoms with Crippen LogP contribution in [-0.4, -0.2) is 26.8 Å². The van der Waals surface area contributed by atoms with E-state index < -0.39 is 10.8 Å². The molecule has 26 heavy (non-hydrogen) atoms. The van der Waals surface area contributed by atoms with Gasteiger partial charge in [0.05, 0.1) is 22.2 Å². The highest BCUT2D eigenvalue weighted by molar-refractivity contribution is 7.99. The first kappa shape index (κ1) is 17.4. The number of nitro benzene ring substituents is 1. The first-order chi connectivity index (χ1) is 12.6. The van der Waals surface area contributed by atoms with Crippen LogP contribution in [0.5, 0.6) is 0 Å². The Morgan fingerprint density at radius 1 is 1.35 bits per heavy atom. The van der Waals surface area contributed by atoms with E-state index in [4.69, 9.17) is 5.26 Å². The third-order valence-corrected chi connectivity index (χ3v) is 4.65. The average Bonchev–Trinajstić information content (AvgIpc) is 3.06. The summed E-state index contributed by atoms with van der Waals surface area (Å²) >= 11 is 1.47. The van der Waals surface area contributed by atoms with E-state index in [0.717, 1.165) is 4.90 Å². The molecule has 2 aromatic carbocycles. The third-order valence-electron chi connectivity index (χ3n) is 3.58. The lowest BCUT2D eigenvalue weighted by Crippen LogP contribution is -2.13. The summed E-state index contributed by atoms with van der Waals surface area (Å²) < 4.78 is 0. The van der Waals surface area contributed by atoms with Gasteiger partial charge in [-0.15, -0.1) is 11.8 Å². The Bertz CT molecular complexity index is 1020. The van der Waals surface area contributed by atoms with Crippen LogP contribution in [0.25, 0.3) is 10.9 Å². The van der Waals surface area contributed by atoms with Gasteiger partial charge in [-0.2, -0.15) is 10.4 Å². The maximum Gasteiger partial charge on any atom is 0.276 e. The molecule has 0 saturated heterocycles. The number of nitrogens with zero attached hydrogens (tertiary/aromatic N) is 3. The molecule has 130 valence electrons. The fourth-order valence-corrected chi connectivity index (χ4v) is 3.24. The highest BCUT2D eigenvalue weighted by Crippen LogP contribution is 2.28. The summed E-state index contributed by atoms with van der Waals surface area (Å²) in [6.07, 6.45) is 0.403. The predicted octanol–water partition coefficient (Wildman–Crippen LogP) is 3.73. The number of benzene rings is 2. The number of aromatic nitrogens is 2. The van der Waals surface area contributed by atoms with Gasteiger partial charge < -0.3 is 5.32 Å². The Balaban J connectivity index is 1.87. The Morgan fingerprint density at radius 3 is 2.92 bits per heavy atom. The third kappa shape index (κ3) is 3.65. The van der Waals surface area contributed by atoms with E-state index in [9.17, 15) is 14.9 Å². The maximum absolute atomic E-state index is 12.6. The van der Waals surface area contributed by atoms with Crippen LogP contribution in [0.3, 0.4) is 0 Å². The van der Waals surface area contributed by atoms with E-state index in [1.807, 2.05) is 12.1 Å². The molecule has 3 rings (SSSR count). The number of hydrogen-bond acceptors (Lipinski definition) is 6. The van der Waals surface area contributed by atoms with E-state index >= 15 is 0 Å². The molecule has 0 aliphatic rings. The SMILES string of the molecule is N#CCCSc1ccccc1NC(=O)c1n[nH]c2ccc([N+](=O)[O-])cc12. The van der Waals surface area contributed by atoms with Crippen LogP contribution in [0.2, 0.25) is 0 Å². The molecule has 0 fully saturated rings. The normalized spacial score (nSPS) is 10.4. The fourth-order valence-electron chi connectivity index (χ4n) is 2.37. The first-order valence-electron chi connectivity index (χ1n) is 7.63. The van der Waals surface area contributed by atoms with Crippen LogP contribution < -0.4 is 5.32 Å².